The van der Waals surface area contributed by atoms with Crippen molar-refractivity contribution in [2.24, 2.45) is 5.92 Å². The third-order valence-electron chi connectivity index (χ3n) is 4.27. The largest absolute Gasteiger partial charge is 0.392 e. The number of alkyl halides is 3. The molecule has 0 radical (unpaired) electrons. The molecule has 0 fully saturated rings. The molecule has 1 heterocycles. The first-order valence-electron chi connectivity index (χ1n) is 7.58. The van der Waals surface area contributed by atoms with E-state index in [0.717, 1.165) is 0 Å². The van der Waals surface area contributed by atoms with Gasteiger partial charge in [-0.15, -0.1) is 0 Å². The van der Waals surface area contributed by atoms with Gasteiger partial charge in [0.05, 0.1) is 23.2 Å². The molecular weight excluding hydrogens is 319 g/mol. The monoisotopic (exact) mass is 333 g/mol. The first kappa shape index (κ1) is 16.2. The predicted molar refractivity (Wildman–Crippen MR) is 81.2 cm³/mol. The Bertz CT molecular complexity index is 847. The maximum Gasteiger partial charge on any atom is 0.392 e. The molecule has 0 amide bonds. The Morgan fingerprint density at radius 2 is 1.96 bits per heavy atom. The molecule has 4 nitrogen and oxygen atoms in total. The summed E-state index contributed by atoms with van der Waals surface area (Å²) in [5.41, 5.74) is 1.14. The number of hydrogen-bond acceptors (Lipinski definition) is 3. The first-order chi connectivity index (χ1) is 11.4. The third kappa shape index (κ3) is 3.18. The van der Waals surface area contributed by atoms with Crippen molar-refractivity contribution in [2.75, 3.05) is 0 Å². The molecule has 7 heteroatoms. The molecule has 1 aliphatic rings. The van der Waals surface area contributed by atoms with Crippen molar-refractivity contribution in [1.29, 1.82) is 5.26 Å². The molecule has 1 aromatic heterocycles. The highest BCUT2D eigenvalue weighted by atomic mass is 19.4. The van der Waals surface area contributed by atoms with Gasteiger partial charge in [-0.3, -0.25) is 4.79 Å². The van der Waals surface area contributed by atoms with Gasteiger partial charge in [-0.1, -0.05) is 0 Å². The zero-order chi connectivity index (χ0) is 17.3. The Hall–Kier alpha value is -2.62. The smallest absolute Gasteiger partial charge is 0.306 e. The summed E-state index contributed by atoms with van der Waals surface area (Å²) in [5.74, 6) is -1.18. The summed E-state index contributed by atoms with van der Waals surface area (Å²) in [6.45, 7) is 0. The highest BCUT2D eigenvalue weighted by Gasteiger charge is 2.41. The minimum absolute atomic E-state index is 0.00546. The molecule has 2 aromatic rings. The van der Waals surface area contributed by atoms with Crippen molar-refractivity contribution >= 4 is 0 Å². The number of aryl methyl sites for hydroxylation is 1. The first-order valence-corrected chi connectivity index (χ1v) is 7.58. The van der Waals surface area contributed by atoms with Gasteiger partial charge in [0, 0.05) is 11.1 Å². The molecule has 0 saturated heterocycles. The van der Waals surface area contributed by atoms with Crippen LogP contribution in [0.4, 0.5) is 13.2 Å². The second kappa shape index (κ2) is 6.11. The van der Waals surface area contributed by atoms with Crippen molar-refractivity contribution in [3.05, 3.63) is 51.4 Å². The minimum atomic E-state index is -4.31. The van der Waals surface area contributed by atoms with Gasteiger partial charge >= 0.3 is 6.18 Å². The van der Waals surface area contributed by atoms with E-state index in [0.29, 0.717) is 35.5 Å². The topological polar surface area (TPSA) is 69.5 Å². The van der Waals surface area contributed by atoms with Crippen LogP contribution < -0.4 is 5.56 Å². The van der Waals surface area contributed by atoms with E-state index in [1.165, 1.54) is 0 Å². The maximum absolute atomic E-state index is 13.0. The molecule has 0 aliphatic heterocycles. The Kier molecular flexibility index (Phi) is 4.14. The SMILES string of the molecule is N#Cc1ccc(-c2nc3c(c(=O)[nH]2)CC(C(F)(F)F)CCC3)cc1. The molecular formula is C17H14F3N3O. The van der Waals surface area contributed by atoms with E-state index in [9.17, 15) is 18.0 Å². The van der Waals surface area contributed by atoms with Crippen LogP contribution in [0.3, 0.4) is 0 Å². The number of aromatic amines is 1. The fraction of sp³-hybridized carbons (Fsp3) is 0.353. The van der Waals surface area contributed by atoms with Crippen LogP contribution in [0.5, 0.6) is 0 Å². The van der Waals surface area contributed by atoms with Gasteiger partial charge in [0.2, 0.25) is 0 Å². The average Bonchev–Trinajstić information content (AvgIpc) is 2.77. The lowest BCUT2D eigenvalue weighted by Gasteiger charge is -2.17. The minimum Gasteiger partial charge on any atom is -0.306 e. The molecule has 124 valence electrons. The van der Waals surface area contributed by atoms with Crippen LogP contribution in [0.2, 0.25) is 0 Å². The molecule has 1 atom stereocenters. The van der Waals surface area contributed by atoms with Gasteiger partial charge in [-0.05, 0) is 49.9 Å². The van der Waals surface area contributed by atoms with Crippen LogP contribution in [0, 0.1) is 17.2 Å². The second-order valence-electron chi connectivity index (χ2n) is 5.86. The average molecular weight is 333 g/mol. The van der Waals surface area contributed by atoms with Crippen LogP contribution in [0.1, 0.15) is 29.7 Å². The van der Waals surface area contributed by atoms with Crippen LogP contribution in [-0.2, 0) is 12.8 Å². The van der Waals surface area contributed by atoms with E-state index in [-0.39, 0.29) is 18.4 Å². The maximum atomic E-state index is 13.0. The second-order valence-corrected chi connectivity index (χ2v) is 5.86. The van der Waals surface area contributed by atoms with Crippen molar-refractivity contribution in [3.63, 3.8) is 0 Å². The highest BCUT2D eigenvalue weighted by Crippen LogP contribution is 2.35. The lowest BCUT2D eigenvalue weighted by atomic mass is 9.98. The van der Waals surface area contributed by atoms with Gasteiger partial charge < -0.3 is 4.98 Å². The summed E-state index contributed by atoms with van der Waals surface area (Å²) in [5, 5.41) is 8.81. The van der Waals surface area contributed by atoms with E-state index < -0.39 is 17.7 Å². The summed E-state index contributed by atoms with van der Waals surface area (Å²) < 4.78 is 39.0. The number of nitriles is 1. The van der Waals surface area contributed by atoms with Crippen LogP contribution in [-0.4, -0.2) is 16.1 Å². The number of aromatic nitrogens is 2. The molecule has 1 unspecified atom stereocenters. The Labute approximate surface area is 136 Å². The van der Waals surface area contributed by atoms with Gasteiger partial charge in [0.25, 0.3) is 5.56 Å². The predicted octanol–water partition coefficient (Wildman–Crippen LogP) is 3.37. The van der Waals surface area contributed by atoms with E-state index in [1.807, 2.05) is 6.07 Å². The number of fused-ring (bicyclic) bond motifs is 1. The van der Waals surface area contributed by atoms with E-state index in [1.54, 1.807) is 24.3 Å². The fourth-order valence-corrected chi connectivity index (χ4v) is 2.94. The molecule has 1 aromatic carbocycles. The van der Waals surface area contributed by atoms with Gasteiger partial charge in [-0.25, -0.2) is 4.98 Å². The lowest BCUT2D eigenvalue weighted by molar-refractivity contribution is -0.175. The quantitative estimate of drug-likeness (QED) is 0.814. The summed E-state index contributed by atoms with van der Waals surface area (Å²) in [7, 11) is 0. The van der Waals surface area contributed by atoms with E-state index in [4.69, 9.17) is 5.26 Å². The van der Waals surface area contributed by atoms with E-state index >= 15 is 0 Å². The summed E-state index contributed by atoms with van der Waals surface area (Å²) in [6.07, 6.45) is -3.92. The fourth-order valence-electron chi connectivity index (χ4n) is 2.94. The number of halogens is 3. The Balaban J connectivity index is 2.00. The molecule has 24 heavy (non-hydrogen) atoms. The Morgan fingerprint density at radius 3 is 2.58 bits per heavy atom. The summed E-state index contributed by atoms with van der Waals surface area (Å²) in [6, 6.07) is 8.49. The number of nitrogens with one attached hydrogen (secondary N) is 1. The zero-order valence-corrected chi connectivity index (χ0v) is 12.7. The van der Waals surface area contributed by atoms with Gasteiger partial charge in [-0.2, -0.15) is 18.4 Å². The molecule has 0 saturated carbocycles. The third-order valence-corrected chi connectivity index (χ3v) is 4.27. The number of rotatable bonds is 1. The van der Waals surface area contributed by atoms with Gasteiger partial charge in [0.1, 0.15) is 5.82 Å². The van der Waals surface area contributed by atoms with Crippen molar-refractivity contribution in [2.45, 2.75) is 31.9 Å². The van der Waals surface area contributed by atoms with Crippen molar-refractivity contribution in [1.82, 2.24) is 9.97 Å². The van der Waals surface area contributed by atoms with Crippen LogP contribution in [0.25, 0.3) is 11.4 Å². The molecule has 0 spiro atoms. The van der Waals surface area contributed by atoms with Crippen molar-refractivity contribution < 1.29 is 13.2 Å². The normalized spacial score (nSPS) is 17.7. The van der Waals surface area contributed by atoms with Gasteiger partial charge in [0.15, 0.2) is 0 Å². The molecule has 3 rings (SSSR count). The lowest BCUT2D eigenvalue weighted by Crippen LogP contribution is -2.27. The van der Waals surface area contributed by atoms with Crippen LogP contribution >= 0.6 is 0 Å². The summed E-state index contributed by atoms with van der Waals surface area (Å²) in [4.78, 5) is 19.2. The molecule has 0 bridgehead atoms. The summed E-state index contributed by atoms with van der Waals surface area (Å²) >= 11 is 0. The van der Waals surface area contributed by atoms with E-state index in [2.05, 4.69) is 9.97 Å². The van der Waals surface area contributed by atoms with Crippen LogP contribution in [0.15, 0.2) is 29.1 Å². The molecule has 1 aliphatic carbocycles. The highest BCUT2D eigenvalue weighted by molar-refractivity contribution is 5.56. The number of H-pyrrole nitrogens is 1. The Morgan fingerprint density at radius 1 is 1.25 bits per heavy atom. The number of nitrogens with zero attached hydrogens (tertiary/aromatic N) is 2. The number of hydrogen-bond donors (Lipinski definition) is 1. The zero-order valence-electron chi connectivity index (χ0n) is 12.7. The molecule has 1 N–H and O–H groups in total. The standard InChI is InChI=1S/C17H14F3N3O/c18-17(19,20)12-2-1-3-14-13(8-12)16(24)23-15(22-14)11-6-4-10(9-21)5-7-11/h4-7,12H,1-3,8H2,(H,22,23,24). The van der Waals surface area contributed by atoms with Crippen molar-refractivity contribution in [3.8, 4) is 17.5 Å². The number of benzene rings is 1.